The highest BCUT2D eigenvalue weighted by atomic mass is 16.5. The van der Waals surface area contributed by atoms with E-state index in [1.165, 1.54) is 5.56 Å². The monoisotopic (exact) mass is 249 g/mol. The summed E-state index contributed by atoms with van der Waals surface area (Å²) in [7, 11) is 0. The minimum Gasteiger partial charge on any atom is -0.492 e. The standard InChI is InChI=1S/C16H27NO/c1-6-16(12(2)3)17-14(5)11-18-15-9-7-13(4)8-10-15/h7-10,12,14,16-17H,6,11H2,1-5H3. The number of nitrogens with one attached hydrogen (secondary N) is 1. The molecule has 2 atom stereocenters. The van der Waals surface area contributed by atoms with E-state index in [9.17, 15) is 0 Å². The van der Waals surface area contributed by atoms with Crippen LogP contribution < -0.4 is 10.1 Å². The molecule has 0 radical (unpaired) electrons. The minimum absolute atomic E-state index is 0.374. The molecule has 0 spiro atoms. The third-order valence-electron chi connectivity index (χ3n) is 3.26. The van der Waals surface area contributed by atoms with Gasteiger partial charge in [0.25, 0.3) is 0 Å². The molecule has 0 bridgehead atoms. The zero-order valence-electron chi connectivity index (χ0n) is 12.4. The van der Waals surface area contributed by atoms with Gasteiger partial charge in [-0.05, 0) is 38.3 Å². The van der Waals surface area contributed by atoms with E-state index in [1.54, 1.807) is 0 Å². The number of ether oxygens (including phenoxy) is 1. The molecule has 1 aromatic carbocycles. The van der Waals surface area contributed by atoms with Crippen LogP contribution in [0, 0.1) is 12.8 Å². The first-order chi connectivity index (χ1) is 8.52. The van der Waals surface area contributed by atoms with Gasteiger partial charge in [0, 0.05) is 12.1 Å². The summed E-state index contributed by atoms with van der Waals surface area (Å²) in [6.07, 6.45) is 1.16. The molecular formula is C16H27NO. The molecule has 1 rings (SSSR count). The van der Waals surface area contributed by atoms with Crippen molar-refractivity contribution in [3.63, 3.8) is 0 Å². The van der Waals surface area contributed by atoms with Crippen LogP contribution in [0.1, 0.15) is 39.7 Å². The van der Waals surface area contributed by atoms with Gasteiger partial charge in [0.1, 0.15) is 12.4 Å². The van der Waals surface area contributed by atoms with E-state index >= 15 is 0 Å². The Kier molecular flexibility index (Phi) is 6.20. The van der Waals surface area contributed by atoms with Crippen molar-refractivity contribution in [1.82, 2.24) is 5.32 Å². The minimum atomic E-state index is 0.374. The summed E-state index contributed by atoms with van der Waals surface area (Å²) in [5, 5.41) is 3.62. The van der Waals surface area contributed by atoms with Crippen LogP contribution in [0.2, 0.25) is 0 Å². The van der Waals surface area contributed by atoms with Gasteiger partial charge in [-0.15, -0.1) is 0 Å². The molecule has 1 N–H and O–H groups in total. The lowest BCUT2D eigenvalue weighted by Gasteiger charge is -2.25. The fourth-order valence-electron chi connectivity index (χ4n) is 2.05. The van der Waals surface area contributed by atoms with Gasteiger partial charge in [0.2, 0.25) is 0 Å². The Bertz CT molecular complexity index is 331. The number of benzene rings is 1. The fourth-order valence-corrected chi connectivity index (χ4v) is 2.05. The van der Waals surface area contributed by atoms with Crippen LogP contribution in [0.25, 0.3) is 0 Å². The second kappa shape index (κ2) is 7.42. The van der Waals surface area contributed by atoms with Gasteiger partial charge in [0.15, 0.2) is 0 Å². The molecular weight excluding hydrogens is 222 g/mol. The van der Waals surface area contributed by atoms with Gasteiger partial charge in [-0.1, -0.05) is 38.5 Å². The van der Waals surface area contributed by atoms with Crippen LogP contribution in [0.5, 0.6) is 5.75 Å². The summed E-state index contributed by atoms with van der Waals surface area (Å²) >= 11 is 0. The topological polar surface area (TPSA) is 21.3 Å². The Morgan fingerprint density at radius 1 is 1.11 bits per heavy atom. The molecule has 0 aliphatic heterocycles. The van der Waals surface area contributed by atoms with E-state index in [4.69, 9.17) is 4.74 Å². The van der Waals surface area contributed by atoms with Gasteiger partial charge in [-0.25, -0.2) is 0 Å². The van der Waals surface area contributed by atoms with Crippen LogP contribution in [-0.2, 0) is 0 Å². The molecule has 0 heterocycles. The highest BCUT2D eigenvalue weighted by Crippen LogP contribution is 2.12. The average Bonchev–Trinajstić information content (AvgIpc) is 2.35. The van der Waals surface area contributed by atoms with Crippen molar-refractivity contribution in [2.45, 2.75) is 53.1 Å². The van der Waals surface area contributed by atoms with Crippen LogP contribution in [0.3, 0.4) is 0 Å². The van der Waals surface area contributed by atoms with Crippen molar-refractivity contribution in [3.8, 4) is 5.75 Å². The third-order valence-corrected chi connectivity index (χ3v) is 3.26. The van der Waals surface area contributed by atoms with E-state index in [0.717, 1.165) is 12.2 Å². The summed E-state index contributed by atoms with van der Waals surface area (Å²) in [6.45, 7) is 11.7. The van der Waals surface area contributed by atoms with Gasteiger partial charge in [-0.2, -0.15) is 0 Å². The fraction of sp³-hybridized carbons (Fsp3) is 0.625. The molecule has 2 heteroatoms. The van der Waals surface area contributed by atoms with Crippen molar-refractivity contribution < 1.29 is 4.74 Å². The molecule has 1 aromatic rings. The molecule has 0 aliphatic rings. The SMILES string of the molecule is CCC(NC(C)COc1ccc(C)cc1)C(C)C. The van der Waals surface area contributed by atoms with Crippen LogP contribution in [0.4, 0.5) is 0 Å². The Hall–Kier alpha value is -1.02. The van der Waals surface area contributed by atoms with Crippen LogP contribution >= 0.6 is 0 Å². The van der Waals surface area contributed by atoms with E-state index < -0.39 is 0 Å². The molecule has 0 fully saturated rings. The summed E-state index contributed by atoms with van der Waals surface area (Å²) in [5.41, 5.74) is 1.26. The van der Waals surface area contributed by atoms with Crippen molar-refractivity contribution in [3.05, 3.63) is 29.8 Å². The van der Waals surface area contributed by atoms with E-state index in [2.05, 4.69) is 52.1 Å². The Labute approximate surface area is 112 Å². The quantitative estimate of drug-likeness (QED) is 0.794. The maximum Gasteiger partial charge on any atom is 0.119 e. The molecule has 0 aliphatic carbocycles. The van der Waals surface area contributed by atoms with E-state index in [-0.39, 0.29) is 0 Å². The summed E-state index contributed by atoms with van der Waals surface area (Å²) < 4.78 is 5.79. The summed E-state index contributed by atoms with van der Waals surface area (Å²) in [6, 6.07) is 9.16. The predicted octanol–water partition coefficient (Wildman–Crippen LogP) is 3.79. The van der Waals surface area contributed by atoms with Gasteiger partial charge in [0.05, 0.1) is 0 Å². The lowest BCUT2D eigenvalue weighted by atomic mass is 10.0. The Morgan fingerprint density at radius 3 is 2.22 bits per heavy atom. The smallest absolute Gasteiger partial charge is 0.119 e. The lowest BCUT2D eigenvalue weighted by Crippen LogP contribution is -2.42. The molecule has 18 heavy (non-hydrogen) atoms. The van der Waals surface area contributed by atoms with Crippen LogP contribution in [-0.4, -0.2) is 18.7 Å². The van der Waals surface area contributed by atoms with E-state index in [0.29, 0.717) is 24.6 Å². The first-order valence-electron chi connectivity index (χ1n) is 6.98. The number of hydrogen-bond donors (Lipinski definition) is 1. The van der Waals surface area contributed by atoms with Crippen molar-refractivity contribution >= 4 is 0 Å². The highest BCUT2D eigenvalue weighted by molar-refractivity contribution is 5.26. The molecule has 102 valence electrons. The summed E-state index contributed by atoms with van der Waals surface area (Å²) in [5.74, 6) is 1.61. The van der Waals surface area contributed by atoms with Gasteiger partial charge in [-0.3, -0.25) is 0 Å². The molecule has 0 saturated heterocycles. The average molecular weight is 249 g/mol. The van der Waals surface area contributed by atoms with Gasteiger partial charge >= 0.3 is 0 Å². The summed E-state index contributed by atoms with van der Waals surface area (Å²) in [4.78, 5) is 0. The van der Waals surface area contributed by atoms with Crippen molar-refractivity contribution in [2.75, 3.05) is 6.61 Å². The normalized spacial score (nSPS) is 14.6. The largest absolute Gasteiger partial charge is 0.492 e. The highest BCUT2D eigenvalue weighted by Gasteiger charge is 2.13. The maximum atomic E-state index is 5.79. The Balaban J connectivity index is 2.36. The molecule has 0 aromatic heterocycles. The molecule has 2 unspecified atom stereocenters. The number of rotatable bonds is 7. The lowest BCUT2D eigenvalue weighted by molar-refractivity contribution is 0.244. The first kappa shape index (κ1) is 15.0. The second-order valence-electron chi connectivity index (χ2n) is 5.45. The molecule has 0 amide bonds. The number of aryl methyl sites for hydroxylation is 1. The van der Waals surface area contributed by atoms with Crippen molar-refractivity contribution in [2.24, 2.45) is 5.92 Å². The first-order valence-corrected chi connectivity index (χ1v) is 6.98. The third kappa shape index (κ3) is 5.09. The number of hydrogen-bond acceptors (Lipinski definition) is 2. The molecule has 0 saturated carbocycles. The maximum absolute atomic E-state index is 5.79. The second-order valence-corrected chi connectivity index (χ2v) is 5.45. The predicted molar refractivity (Wildman–Crippen MR) is 78.2 cm³/mol. The zero-order valence-corrected chi connectivity index (χ0v) is 12.4. The zero-order chi connectivity index (χ0) is 13.5. The van der Waals surface area contributed by atoms with Crippen LogP contribution in [0.15, 0.2) is 24.3 Å². The Morgan fingerprint density at radius 2 is 1.72 bits per heavy atom. The van der Waals surface area contributed by atoms with Crippen molar-refractivity contribution in [1.29, 1.82) is 0 Å². The molecule has 2 nitrogen and oxygen atoms in total. The van der Waals surface area contributed by atoms with Gasteiger partial charge < -0.3 is 10.1 Å². The van der Waals surface area contributed by atoms with E-state index in [1.807, 2.05) is 12.1 Å².